The molecular formula is C101H170O16P2. The fourth-order valence-corrected chi connectivity index (χ4v) is 14.1. The van der Waals surface area contributed by atoms with Gasteiger partial charge in [-0.25, -0.2) is 9.13 Å². The normalized spacial score (nSPS) is 14.6. The maximum absolute atomic E-state index is 13.1. The Hall–Kier alpha value is -5.35. The van der Waals surface area contributed by atoms with Gasteiger partial charge in [-0.05, 0) is 161 Å². The zero-order valence-electron chi connectivity index (χ0n) is 75.0. The number of phosphoric ester groups is 2. The number of carbonyl (C=O) groups is 3. The lowest BCUT2D eigenvalue weighted by Gasteiger charge is -2.21. The molecule has 0 aromatic rings. The van der Waals surface area contributed by atoms with Crippen LogP contribution >= 0.6 is 15.6 Å². The third kappa shape index (κ3) is 93.2. The first kappa shape index (κ1) is 114. The van der Waals surface area contributed by atoms with E-state index in [2.05, 4.69) is 203 Å². The molecule has 0 aliphatic rings. The molecule has 4 N–H and O–H groups in total. The summed E-state index contributed by atoms with van der Waals surface area (Å²) in [7, 11) is -9.82. The second kappa shape index (κ2) is 91.8. The van der Waals surface area contributed by atoms with E-state index >= 15 is 0 Å². The molecule has 0 heterocycles. The molecule has 0 rings (SSSR count). The van der Waals surface area contributed by atoms with Crippen molar-refractivity contribution >= 4 is 33.6 Å². The molecule has 119 heavy (non-hydrogen) atoms. The van der Waals surface area contributed by atoms with Crippen LogP contribution in [0.25, 0.3) is 0 Å². The Morgan fingerprint density at radius 2 is 0.445 bits per heavy atom. The minimum absolute atomic E-state index is 0.0878. The maximum atomic E-state index is 13.1. The molecule has 0 fully saturated rings. The Morgan fingerprint density at radius 1 is 0.244 bits per heavy atom. The molecule has 18 heteroatoms. The van der Waals surface area contributed by atoms with Crippen LogP contribution in [0, 0.1) is 0 Å². The Bertz CT molecular complexity index is 2890. The number of phosphoric acid groups is 2. The molecule has 0 bridgehead atoms. The van der Waals surface area contributed by atoms with Gasteiger partial charge >= 0.3 is 33.6 Å². The lowest BCUT2D eigenvalue weighted by molar-refractivity contribution is -0.161. The monoisotopic (exact) mass is 1700 g/mol. The molecule has 0 aromatic carbocycles. The largest absolute Gasteiger partial charge is 0.472 e. The number of hydrogen-bond acceptors (Lipinski definition) is 14. The summed E-state index contributed by atoms with van der Waals surface area (Å²) in [5.41, 5.74) is 0. The van der Waals surface area contributed by atoms with Gasteiger partial charge in [0.1, 0.15) is 25.4 Å². The SMILES string of the molecule is CC/C=C\C/C=C\C/C=C\C/C=C\C/C=C\C/C=C\CCCCCCCCCCCCCCC(=O)OCC(O)COP(=O)(O)OCC(O)COP(=O)(O)OCC(COC(=O)CCCCCCCCCCCCCCC/C=C\C/C=C\C/C=C\C/C=C\C/C=C\CC)OC(=O)CCCCCCCCC/C=C\C/C=C\C/C=C\C/C=C\CCCCC. The molecule has 0 saturated heterocycles. The number of rotatable bonds is 88. The molecule has 0 spiro atoms. The molecule has 680 valence electrons. The highest BCUT2D eigenvalue weighted by Crippen LogP contribution is 2.45. The zero-order chi connectivity index (χ0) is 86.5. The van der Waals surface area contributed by atoms with Crippen molar-refractivity contribution < 1.29 is 75.8 Å². The Morgan fingerprint density at radius 3 is 0.706 bits per heavy atom. The van der Waals surface area contributed by atoms with Gasteiger partial charge in [-0.2, -0.15) is 0 Å². The van der Waals surface area contributed by atoms with Crippen LogP contribution in [0.5, 0.6) is 0 Å². The minimum Gasteiger partial charge on any atom is -0.463 e. The summed E-state index contributed by atoms with van der Waals surface area (Å²) < 4.78 is 61.5. The lowest BCUT2D eigenvalue weighted by Crippen LogP contribution is -2.30. The number of allylic oxidation sites excluding steroid dienone is 30. The number of ether oxygens (including phenoxy) is 3. The van der Waals surface area contributed by atoms with Gasteiger partial charge in [-0.15, -0.1) is 0 Å². The van der Waals surface area contributed by atoms with Crippen LogP contribution in [0.4, 0.5) is 0 Å². The first-order valence-electron chi connectivity index (χ1n) is 47.1. The first-order chi connectivity index (χ1) is 58.2. The van der Waals surface area contributed by atoms with Gasteiger partial charge in [0.05, 0.1) is 26.4 Å². The van der Waals surface area contributed by atoms with E-state index < -0.39 is 91.5 Å². The molecule has 5 atom stereocenters. The van der Waals surface area contributed by atoms with Crippen molar-refractivity contribution in [1.82, 2.24) is 0 Å². The number of esters is 3. The number of aliphatic hydroxyl groups excluding tert-OH is 2. The number of aliphatic hydroxyl groups is 2. The second-order valence-electron chi connectivity index (χ2n) is 31.0. The van der Waals surface area contributed by atoms with Crippen molar-refractivity contribution in [2.24, 2.45) is 0 Å². The average molecular weight is 1700 g/mol. The van der Waals surface area contributed by atoms with Crippen LogP contribution in [0.15, 0.2) is 182 Å². The van der Waals surface area contributed by atoms with Crippen molar-refractivity contribution in [1.29, 1.82) is 0 Å². The topological polar surface area (TPSA) is 231 Å². The van der Waals surface area contributed by atoms with E-state index in [9.17, 15) is 43.5 Å². The second-order valence-corrected chi connectivity index (χ2v) is 34.0. The lowest BCUT2D eigenvalue weighted by atomic mass is 10.0. The van der Waals surface area contributed by atoms with Crippen LogP contribution in [0.2, 0.25) is 0 Å². The van der Waals surface area contributed by atoms with Gasteiger partial charge in [0, 0.05) is 19.3 Å². The van der Waals surface area contributed by atoms with E-state index in [1.165, 1.54) is 128 Å². The molecule has 0 amide bonds. The number of hydrogen-bond donors (Lipinski definition) is 4. The van der Waals surface area contributed by atoms with E-state index in [1.807, 2.05) is 0 Å². The fraction of sp³-hybridized carbons (Fsp3) is 0.673. The smallest absolute Gasteiger partial charge is 0.463 e. The van der Waals surface area contributed by atoms with E-state index in [4.69, 9.17) is 32.3 Å². The summed E-state index contributed by atoms with van der Waals surface area (Å²) in [4.78, 5) is 59.1. The summed E-state index contributed by atoms with van der Waals surface area (Å²) >= 11 is 0. The number of unbranched alkanes of at least 4 members (excludes halogenated alkanes) is 35. The van der Waals surface area contributed by atoms with E-state index in [1.54, 1.807) is 0 Å². The maximum Gasteiger partial charge on any atom is 0.472 e. The van der Waals surface area contributed by atoms with Crippen LogP contribution in [-0.4, -0.2) is 95.9 Å². The molecule has 0 aliphatic carbocycles. The van der Waals surface area contributed by atoms with Gasteiger partial charge in [0.2, 0.25) is 0 Å². The van der Waals surface area contributed by atoms with Gasteiger partial charge in [0.15, 0.2) is 6.10 Å². The predicted molar refractivity (Wildman–Crippen MR) is 500 cm³/mol. The van der Waals surface area contributed by atoms with Crippen LogP contribution < -0.4 is 0 Å². The van der Waals surface area contributed by atoms with E-state index in [0.717, 1.165) is 193 Å². The summed E-state index contributed by atoms with van der Waals surface area (Å²) in [6.07, 6.45) is 121. The molecule has 0 aromatic heterocycles. The minimum atomic E-state index is -4.95. The molecule has 5 unspecified atom stereocenters. The number of carbonyl (C=O) groups excluding carboxylic acids is 3. The van der Waals surface area contributed by atoms with Crippen molar-refractivity contribution in [3.63, 3.8) is 0 Å². The van der Waals surface area contributed by atoms with Gasteiger partial charge in [-0.3, -0.25) is 32.5 Å². The molecular weight excluding hydrogens is 1530 g/mol. The highest BCUT2D eigenvalue weighted by molar-refractivity contribution is 7.47. The standard InChI is InChI=1S/C101H170O16P2/c1-4-7-10-13-16-19-22-25-28-31-34-37-40-42-44-46-47-49-51-52-55-57-60-63-66-69-72-75-78-81-84-87-99(104)111-90-96(102)91-113-118(107,108)114-92-97(103)93-115-119(109,110)116-95-98(117-101(106)89-86-83-80-77-74-71-68-65-62-59-54-39-36-33-30-27-24-21-18-15-12-9-6-3)94-112-100(105)88-85-82-79-76-73-70-67-64-61-58-56-53-50-48-45-43-41-38-35-32-29-26-23-20-17-14-11-8-5-2/h7-8,10-11,16-21,25-30,34-39,42-45,47,49,59,62,96-98,102-103H,4-6,9,12-15,22-24,31-33,40-41,46,48,50-58,60-61,63-95H2,1-3H3,(H,107,108)(H,109,110)/b10-7-,11-8-,19-16-,20-17-,21-18-,28-25-,29-26-,30-27-,37-34-,38-35-,39-36-,44-42-,45-43-,49-47-,62-59-. The fourth-order valence-electron chi connectivity index (χ4n) is 12.5. The Labute approximate surface area is 725 Å². The third-order valence-corrected chi connectivity index (χ3v) is 21.5. The Balaban J connectivity index is 4.63. The quantitative estimate of drug-likeness (QED) is 0.0146. The average Bonchev–Trinajstić information content (AvgIpc) is 0.905. The summed E-state index contributed by atoms with van der Waals surface area (Å²) in [6.45, 7) is 2.45. The Kier molecular flexibility index (Phi) is 87.7. The van der Waals surface area contributed by atoms with Crippen molar-refractivity contribution in [2.75, 3.05) is 39.6 Å². The molecule has 16 nitrogen and oxygen atoms in total. The molecule has 0 aliphatic heterocycles. The van der Waals surface area contributed by atoms with Gasteiger partial charge in [-0.1, -0.05) is 383 Å². The molecule has 0 saturated carbocycles. The first-order valence-corrected chi connectivity index (χ1v) is 50.1. The van der Waals surface area contributed by atoms with Gasteiger partial charge in [0.25, 0.3) is 0 Å². The van der Waals surface area contributed by atoms with E-state index in [0.29, 0.717) is 19.3 Å². The summed E-state index contributed by atoms with van der Waals surface area (Å²) in [6, 6.07) is 0. The van der Waals surface area contributed by atoms with Crippen LogP contribution in [-0.2, 0) is 55.8 Å². The van der Waals surface area contributed by atoms with Crippen LogP contribution in [0.1, 0.15) is 380 Å². The highest BCUT2D eigenvalue weighted by Gasteiger charge is 2.29. The van der Waals surface area contributed by atoms with E-state index in [-0.39, 0.29) is 19.3 Å². The van der Waals surface area contributed by atoms with Crippen molar-refractivity contribution in [3.05, 3.63) is 182 Å². The predicted octanol–water partition coefficient (Wildman–Crippen LogP) is 29.2. The summed E-state index contributed by atoms with van der Waals surface area (Å²) in [5, 5.41) is 20.8. The van der Waals surface area contributed by atoms with Crippen LogP contribution in [0.3, 0.4) is 0 Å². The zero-order valence-corrected chi connectivity index (χ0v) is 76.8. The van der Waals surface area contributed by atoms with Crippen molar-refractivity contribution in [2.45, 2.75) is 399 Å². The summed E-state index contributed by atoms with van der Waals surface area (Å²) in [5.74, 6) is -1.58. The van der Waals surface area contributed by atoms with Crippen molar-refractivity contribution in [3.8, 4) is 0 Å². The third-order valence-electron chi connectivity index (χ3n) is 19.6. The highest BCUT2D eigenvalue weighted by atomic mass is 31.2. The van der Waals surface area contributed by atoms with Gasteiger partial charge < -0.3 is 34.2 Å². The molecule has 0 radical (unpaired) electrons.